The average Bonchev–Trinajstić information content (AvgIpc) is 2.72. The first-order valence-electron chi connectivity index (χ1n) is 5.29. The van der Waals surface area contributed by atoms with Crippen LogP contribution in [0, 0.1) is 6.92 Å². The molecule has 0 unspecified atom stereocenters. The summed E-state index contributed by atoms with van der Waals surface area (Å²) in [5, 5.41) is 2.32. The number of carbonyl (C=O) groups excluding carboxylic acids is 1. The second kappa shape index (κ2) is 4.75. The number of para-hydroxylation sites is 1. The molecule has 19 heavy (non-hydrogen) atoms. The number of rotatable bonds is 2. The van der Waals surface area contributed by atoms with E-state index in [1.165, 1.54) is 6.92 Å². The summed E-state index contributed by atoms with van der Waals surface area (Å²) in [6.07, 6.45) is -4.76. The Hall–Kier alpha value is -2.31. The van der Waals surface area contributed by atoms with E-state index in [9.17, 15) is 18.0 Å². The number of hydrogen-bond acceptors (Lipinski definition) is 3. The molecule has 1 aromatic carbocycles. The summed E-state index contributed by atoms with van der Waals surface area (Å²) in [5.41, 5.74) is -0.393. The van der Waals surface area contributed by atoms with Gasteiger partial charge in [-0.15, -0.1) is 0 Å². The van der Waals surface area contributed by atoms with Gasteiger partial charge in [0.2, 0.25) is 5.76 Å². The molecule has 0 saturated heterocycles. The summed E-state index contributed by atoms with van der Waals surface area (Å²) >= 11 is 0. The molecule has 0 aliphatic heterocycles. The fourth-order valence-electron chi connectivity index (χ4n) is 1.48. The number of benzene rings is 1. The van der Waals surface area contributed by atoms with Crippen LogP contribution in [0.4, 0.5) is 18.9 Å². The number of nitrogens with one attached hydrogen (secondary N) is 1. The molecule has 0 aliphatic rings. The Labute approximate surface area is 106 Å². The third-order valence-electron chi connectivity index (χ3n) is 2.24. The predicted molar refractivity (Wildman–Crippen MR) is 60.6 cm³/mol. The molecule has 0 fully saturated rings. The Kier molecular flexibility index (Phi) is 3.28. The minimum atomic E-state index is -4.76. The molecule has 0 aliphatic carbocycles. The first-order chi connectivity index (χ1) is 8.88. The molecule has 4 nitrogen and oxygen atoms in total. The highest BCUT2D eigenvalue weighted by Crippen LogP contribution is 2.32. The summed E-state index contributed by atoms with van der Waals surface area (Å²) in [6, 6.07) is 8.12. The zero-order valence-electron chi connectivity index (χ0n) is 9.78. The van der Waals surface area contributed by atoms with Gasteiger partial charge in [-0.2, -0.15) is 13.2 Å². The summed E-state index contributed by atoms with van der Waals surface area (Å²) in [7, 11) is 0. The predicted octanol–water partition coefficient (Wildman–Crippen LogP) is 3.25. The Bertz CT molecular complexity index is 591. The number of halogens is 3. The first kappa shape index (κ1) is 13.1. The first-order valence-corrected chi connectivity index (χ1v) is 5.29. The zero-order valence-corrected chi connectivity index (χ0v) is 9.78. The van der Waals surface area contributed by atoms with Gasteiger partial charge in [-0.25, -0.2) is 4.98 Å². The van der Waals surface area contributed by atoms with E-state index in [-0.39, 0.29) is 5.89 Å². The highest BCUT2D eigenvalue weighted by molar-refractivity contribution is 6.03. The van der Waals surface area contributed by atoms with Crippen LogP contribution in [0.2, 0.25) is 0 Å². The molecule has 1 heterocycles. The molecule has 1 N–H and O–H groups in total. The SMILES string of the molecule is Cc1nc(C(=O)Nc2ccccc2)c(C(F)(F)F)o1. The molecular weight excluding hydrogens is 261 g/mol. The fourth-order valence-corrected chi connectivity index (χ4v) is 1.48. The van der Waals surface area contributed by atoms with Gasteiger partial charge in [0.15, 0.2) is 11.6 Å². The lowest BCUT2D eigenvalue weighted by Gasteiger charge is -2.06. The maximum absolute atomic E-state index is 12.6. The minimum absolute atomic E-state index is 0.217. The fraction of sp³-hybridized carbons (Fsp3) is 0.167. The van der Waals surface area contributed by atoms with E-state index in [0.29, 0.717) is 5.69 Å². The third kappa shape index (κ3) is 2.93. The normalized spacial score (nSPS) is 11.4. The van der Waals surface area contributed by atoms with Gasteiger partial charge >= 0.3 is 6.18 Å². The van der Waals surface area contributed by atoms with E-state index in [4.69, 9.17) is 0 Å². The third-order valence-corrected chi connectivity index (χ3v) is 2.24. The Morgan fingerprint density at radius 3 is 2.47 bits per heavy atom. The van der Waals surface area contributed by atoms with Gasteiger partial charge in [0.25, 0.3) is 5.91 Å². The van der Waals surface area contributed by atoms with Gasteiger partial charge in [-0.3, -0.25) is 4.79 Å². The smallest absolute Gasteiger partial charge is 0.436 e. The lowest BCUT2D eigenvalue weighted by Crippen LogP contribution is -2.18. The number of nitrogens with zero attached hydrogens (tertiary/aromatic N) is 1. The molecule has 7 heteroatoms. The summed E-state index contributed by atoms with van der Waals surface area (Å²) in [4.78, 5) is 15.2. The zero-order chi connectivity index (χ0) is 14.0. The van der Waals surface area contributed by atoms with Gasteiger partial charge in [0.1, 0.15) is 0 Å². The Morgan fingerprint density at radius 1 is 1.26 bits per heavy atom. The van der Waals surface area contributed by atoms with Gasteiger partial charge in [0, 0.05) is 12.6 Å². The topological polar surface area (TPSA) is 55.1 Å². The van der Waals surface area contributed by atoms with Crippen molar-refractivity contribution in [3.8, 4) is 0 Å². The maximum Gasteiger partial charge on any atom is 0.452 e. The van der Waals surface area contributed by atoms with E-state index in [1.54, 1.807) is 30.3 Å². The van der Waals surface area contributed by atoms with Gasteiger partial charge < -0.3 is 9.73 Å². The molecule has 1 amide bonds. The monoisotopic (exact) mass is 270 g/mol. The second-order valence-electron chi connectivity index (χ2n) is 3.73. The van der Waals surface area contributed by atoms with Crippen molar-refractivity contribution in [2.45, 2.75) is 13.1 Å². The number of carbonyl (C=O) groups is 1. The van der Waals surface area contributed by atoms with Crippen LogP contribution in [-0.2, 0) is 6.18 Å². The summed E-state index contributed by atoms with van der Waals surface area (Å²) in [5.74, 6) is -2.57. The number of anilines is 1. The van der Waals surface area contributed by atoms with Crippen molar-refractivity contribution in [2.75, 3.05) is 5.32 Å². The van der Waals surface area contributed by atoms with Crippen molar-refractivity contribution in [3.05, 3.63) is 47.7 Å². The Balaban J connectivity index is 2.30. The minimum Gasteiger partial charge on any atom is -0.436 e. The van der Waals surface area contributed by atoms with Crippen molar-refractivity contribution < 1.29 is 22.4 Å². The van der Waals surface area contributed by atoms with Crippen LogP contribution < -0.4 is 5.32 Å². The molecule has 0 saturated carbocycles. The Morgan fingerprint density at radius 2 is 1.89 bits per heavy atom. The van der Waals surface area contributed by atoms with Gasteiger partial charge in [-0.05, 0) is 12.1 Å². The molecule has 2 rings (SSSR count). The highest BCUT2D eigenvalue weighted by Gasteiger charge is 2.41. The lowest BCUT2D eigenvalue weighted by atomic mass is 10.3. The van der Waals surface area contributed by atoms with Crippen LogP contribution in [0.1, 0.15) is 22.1 Å². The molecule has 0 bridgehead atoms. The number of aryl methyl sites for hydroxylation is 1. The van der Waals surface area contributed by atoms with Crippen molar-refractivity contribution in [2.24, 2.45) is 0 Å². The van der Waals surface area contributed by atoms with Crippen LogP contribution in [0.15, 0.2) is 34.7 Å². The molecular formula is C12H9F3N2O2. The maximum atomic E-state index is 12.6. The number of amides is 1. The number of hydrogen-bond donors (Lipinski definition) is 1. The van der Waals surface area contributed by atoms with E-state index in [2.05, 4.69) is 14.7 Å². The van der Waals surface area contributed by atoms with Crippen molar-refractivity contribution in [3.63, 3.8) is 0 Å². The van der Waals surface area contributed by atoms with Gasteiger partial charge in [-0.1, -0.05) is 18.2 Å². The van der Waals surface area contributed by atoms with Crippen LogP contribution in [0.5, 0.6) is 0 Å². The molecule has 2 aromatic rings. The lowest BCUT2D eigenvalue weighted by molar-refractivity contribution is -0.153. The molecule has 0 atom stereocenters. The standard InChI is InChI=1S/C12H9F3N2O2/c1-7-16-9(10(19-7)12(13,14)15)11(18)17-8-5-3-2-4-6-8/h2-6H,1H3,(H,17,18). The van der Waals surface area contributed by atoms with Crippen LogP contribution in [0.25, 0.3) is 0 Å². The highest BCUT2D eigenvalue weighted by atomic mass is 19.4. The molecule has 1 aromatic heterocycles. The number of oxazole rings is 1. The largest absolute Gasteiger partial charge is 0.452 e. The van der Waals surface area contributed by atoms with Crippen LogP contribution in [-0.4, -0.2) is 10.9 Å². The van der Waals surface area contributed by atoms with Crippen molar-refractivity contribution >= 4 is 11.6 Å². The number of aromatic nitrogens is 1. The summed E-state index contributed by atoms with van der Waals surface area (Å²) < 4.78 is 42.4. The van der Waals surface area contributed by atoms with Crippen LogP contribution in [0.3, 0.4) is 0 Å². The van der Waals surface area contributed by atoms with Crippen LogP contribution >= 0.6 is 0 Å². The molecule has 0 radical (unpaired) electrons. The quantitative estimate of drug-likeness (QED) is 0.911. The average molecular weight is 270 g/mol. The summed E-state index contributed by atoms with van der Waals surface area (Å²) in [6.45, 7) is 1.24. The van der Waals surface area contributed by atoms with E-state index < -0.39 is 23.5 Å². The molecule has 0 spiro atoms. The van der Waals surface area contributed by atoms with E-state index in [0.717, 1.165) is 0 Å². The second-order valence-corrected chi connectivity index (χ2v) is 3.73. The van der Waals surface area contributed by atoms with Crippen molar-refractivity contribution in [1.82, 2.24) is 4.98 Å². The number of alkyl halides is 3. The van der Waals surface area contributed by atoms with E-state index >= 15 is 0 Å². The van der Waals surface area contributed by atoms with E-state index in [1.807, 2.05) is 0 Å². The van der Waals surface area contributed by atoms with Crippen molar-refractivity contribution in [1.29, 1.82) is 0 Å². The molecule has 100 valence electrons. The van der Waals surface area contributed by atoms with Gasteiger partial charge in [0.05, 0.1) is 0 Å².